The van der Waals surface area contributed by atoms with Gasteiger partial charge in [0.05, 0.1) is 0 Å². The Kier molecular flexibility index (Phi) is 20.6. The first kappa shape index (κ1) is 19.2. The minimum absolute atomic E-state index is 0.583. The van der Waals surface area contributed by atoms with E-state index in [0.29, 0.717) is 6.54 Å². The molecule has 6 nitrogen and oxygen atoms in total. The summed E-state index contributed by atoms with van der Waals surface area (Å²) in [4.78, 5) is 0. The molecule has 0 rings (SSSR count). The summed E-state index contributed by atoms with van der Waals surface area (Å²) >= 11 is 0. The first-order valence-corrected chi connectivity index (χ1v) is 5.31. The number of ether oxygens (including phenoxy) is 1. The van der Waals surface area contributed by atoms with Crippen molar-refractivity contribution in [3.63, 3.8) is 0 Å². The summed E-state index contributed by atoms with van der Waals surface area (Å²) in [6, 6.07) is 0. The van der Waals surface area contributed by atoms with Crippen molar-refractivity contribution in [1.82, 2.24) is 0 Å². The van der Waals surface area contributed by atoms with Crippen LogP contribution in [-0.2, 0) is 15.1 Å². The molecule has 0 aliphatic carbocycles. The maximum atomic E-state index is 8.74. The average molecular weight is 229 g/mol. The van der Waals surface area contributed by atoms with Gasteiger partial charge in [-0.25, -0.2) is 0 Å². The molecule has 0 atom stereocenters. The number of hydrogen-bond donors (Lipinski definition) is 3. The fourth-order valence-corrected chi connectivity index (χ4v) is 0.204. The van der Waals surface area contributed by atoms with E-state index in [-0.39, 0.29) is 0 Å². The molecule has 0 amide bonds. The van der Waals surface area contributed by atoms with Crippen LogP contribution < -0.4 is 5.73 Å². The molecular weight excluding hydrogens is 210 g/mol. The fraction of sp³-hybridized carbons (Fsp3) is 0.714. The maximum Gasteiger partial charge on any atom is 0.394 e. The van der Waals surface area contributed by atoms with Gasteiger partial charge in [0.25, 0.3) is 0 Å². The molecule has 0 aliphatic heterocycles. The van der Waals surface area contributed by atoms with Crippen molar-refractivity contribution in [2.75, 3.05) is 19.8 Å². The van der Waals surface area contributed by atoms with E-state index < -0.39 is 10.4 Å². The molecule has 4 N–H and O–H groups in total. The number of nitrogens with two attached hydrogens (primary N) is 1. The van der Waals surface area contributed by atoms with Gasteiger partial charge in [-0.3, -0.25) is 9.11 Å². The molecular formula is C7H19NO5S. The van der Waals surface area contributed by atoms with Crippen LogP contribution in [0.4, 0.5) is 0 Å². The lowest BCUT2D eigenvalue weighted by atomic mass is 10.7. The maximum absolute atomic E-state index is 8.74. The van der Waals surface area contributed by atoms with Crippen molar-refractivity contribution in [1.29, 1.82) is 0 Å². The summed E-state index contributed by atoms with van der Waals surface area (Å²) in [6.45, 7) is 9.60. The van der Waals surface area contributed by atoms with Gasteiger partial charge < -0.3 is 10.5 Å². The zero-order chi connectivity index (χ0) is 12.0. The van der Waals surface area contributed by atoms with Crippen LogP contribution in [0.2, 0.25) is 0 Å². The predicted molar refractivity (Wildman–Crippen MR) is 55.6 cm³/mol. The number of rotatable bonds is 3. The molecule has 0 aromatic heterocycles. The Hall–Kier alpha value is -0.470. The molecule has 0 fully saturated rings. The molecule has 0 radical (unpaired) electrons. The van der Waals surface area contributed by atoms with E-state index in [9.17, 15) is 0 Å². The minimum Gasteiger partial charge on any atom is -0.382 e. The summed E-state index contributed by atoms with van der Waals surface area (Å²) in [5.41, 5.74) is 4.91. The van der Waals surface area contributed by atoms with E-state index in [2.05, 4.69) is 6.58 Å². The molecule has 0 aliphatic rings. The molecule has 0 saturated heterocycles. The highest BCUT2D eigenvalue weighted by Gasteiger charge is 1.84. The van der Waals surface area contributed by atoms with Crippen LogP contribution in [0.15, 0.2) is 12.7 Å². The topological polar surface area (TPSA) is 110 Å². The summed E-state index contributed by atoms with van der Waals surface area (Å²) in [6.07, 6.45) is 1.65. The highest BCUT2D eigenvalue weighted by atomic mass is 32.3. The van der Waals surface area contributed by atoms with Crippen molar-refractivity contribution in [3.8, 4) is 0 Å². The molecule has 7 heteroatoms. The van der Waals surface area contributed by atoms with E-state index in [0.717, 1.165) is 13.2 Å². The molecule has 14 heavy (non-hydrogen) atoms. The Balaban J connectivity index is -0.000000131. The van der Waals surface area contributed by atoms with Crippen LogP contribution in [0.3, 0.4) is 0 Å². The molecule has 0 bridgehead atoms. The third-order valence-electron chi connectivity index (χ3n) is 0.575. The molecule has 88 valence electrons. The van der Waals surface area contributed by atoms with Gasteiger partial charge in [-0.2, -0.15) is 8.42 Å². The van der Waals surface area contributed by atoms with E-state index in [4.69, 9.17) is 28.0 Å². The summed E-state index contributed by atoms with van der Waals surface area (Å²) < 4.78 is 36.4. The number of hydrogen-bond acceptors (Lipinski definition) is 4. The van der Waals surface area contributed by atoms with Crippen LogP contribution in [0.1, 0.15) is 13.8 Å². The second kappa shape index (κ2) is 15.0. The highest BCUT2D eigenvalue weighted by molar-refractivity contribution is 7.79. The largest absolute Gasteiger partial charge is 0.394 e. The highest BCUT2D eigenvalue weighted by Crippen LogP contribution is 1.64. The van der Waals surface area contributed by atoms with Gasteiger partial charge in [0.1, 0.15) is 0 Å². The van der Waals surface area contributed by atoms with Crippen molar-refractivity contribution < 1.29 is 22.3 Å². The third kappa shape index (κ3) is 200. The molecule has 0 spiro atoms. The summed E-state index contributed by atoms with van der Waals surface area (Å²) in [5, 5.41) is 0. The lowest BCUT2D eigenvalue weighted by Crippen LogP contribution is -1.90. The summed E-state index contributed by atoms with van der Waals surface area (Å²) in [5.74, 6) is 0. The summed E-state index contributed by atoms with van der Waals surface area (Å²) in [7, 11) is -4.67. The van der Waals surface area contributed by atoms with Gasteiger partial charge in [0.2, 0.25) is 0 Å². The second-order valence-corrected chi connectivity index (χ2v) is 2.65. The first-order chi connectivity index (χ1) is 6.33. The van der Waals surface area contributed by atoms with Gasteiger partial charge in [0, 0.05) is 19.8 Å². The second-order valence-electron chi connectivity index (χ2n) is 1.75. The zero-order valence-electron chi connectivity index (χ0n) is 8.51. The van der Waals surface area contributed by atoms with Crippen LogP contribution in [0, 0.1) is 0 Å². The SMILES string of the molecule is C=CCN.CCOCC.O=S(=O)(O)O. The molecule has 0 aromatic carbocycles. The van der Waals surface area contributed by atoms with Crippen molar-refractivity contribution in [2.24, 2.45) is 5.73 Å². The standard InChI is InChI=1S/C4H10O.C3H7N.H2O4S/c1-3-5-4-2;1-2-3-4;1-5(2,3)4/h3-4H2,1-2H3;2H,1,3-4H2;(H2,1,2,3,4). The zero-order valence-corrected chi connectivity index (χ0v) is 9.33. The van der Waals surface area contributed by atoms with Crippen molar-refractivity contribution in [2.45, 2.75) is 13.8 Å². The molecule has 0 unspecified atom stereocenters. The Labute approximate surface area is 85.3 Å². The Morgan fingerprint density at radius 1 is 1.36 bits per heavy atom. The van der Waals surface area contributed by atoms with Gasteiger partial charge in [-0.1, -0.05) is 6.08 Å². The smallest absolute Gasteiger partial charge is 0.382 e. The monoisotopic (exact) mass is 229 g/mol. The first-order valence-electron chi connectivity index (χ1n) is 3.91. The minimum atomic E-state index is -4.67. The van der Waals surface area contributed by atoms with Crippen molar-refractivity contribution in [3.05, 3.63) is 12.7 Å². The van der Waals surface area contributed by atoms with E-state index in [1.54, 1.807) is 6.08 Å². The Morgan fingerprint density at radius 3 is 1.57 bits per heavy atom. The van der Waals surface area contributed by atoms with Gasteiger partial charge in [0.15, 0.2) is 0 Å². The predicted octanol–water partition coefficient (Wildman–Crippen LogP) is 0.521. The van der Waals surface area contributed by atoms with E-state index in [1.165, 1.54) is 0 Å². The van der Waals surface area contributed by atoms with E-state index in [1.807, 2.05) is 13.8 Å². The van der Waals surface area contributed by atoms with Crippen molar-refractivity contribution >= 4 is 10.4 Å². The average Bonchev–Trinajstić information content (AvgIpc) is 2.03. The van der Waals surface area contributed by atoms with Crippen LogP contribution in [0.25, 0.3) is 0 Å². The lowest BCUT2D eigenvalue weighted by molar-refractivity contribution is 0.162. The molecule has 0 aromatic rings. The molecule has 0 heterocycles. The van der Waals surface area contributed by atoms with Gasteiger partial charge >= 0.3 is 10.4 Å². The van der Waals surface area contributed by atoms with Crippen LogP contribution in [0.5, 0.6) is 0 Å². The van der Waals surface area contributed by atoms with Crippen LogP contribution in [-0.4, -0.2) is 37.3 Å². The normalized spacial score (nSPS) is 8.93. The van der Waals surface area contributed by atoms with E-state index >= 15 is 0 Å². The van der Waals surface area contributed by atoms with Gasteiger partial charge in [-0.05, 0) is 13.8 Å². The van der Waals surface area contributed by atoms with Gasteiger partial charge in [-0.15, -0.1) is 6.58 Å². The Bertz CT molecular complexity index is 180. The lowest BCUT2D eigenvalue weighted by Gasteiger charge is -1.86. The fourth-order valence-electron chi connectivity index (χ4n) is 0.204. The van der Waals surface area contributed by atoms with Crippen LogP contribution >= 0.6 is 0 Å². The third-order valence-corrected chi connectivity index (χ3v) is 0.575. The quantitative estimate of drug-likeness (QED) is 0.480. The Morgan fingerprint density at radius 2 is 1.57 bits per heavy atom. The molecule has 0 saturated carbocycles.